The van der Waals surface area contributed by atoms with Gasteiger partial charge in [-0.05, 0) is 52.0 Å². The molecule has 2 atom stereocenters. The number of carbonyl (C=O) groups is 1. The van der Waals surface area contributed by atoms with Crippen LogP contribution in [0.4, 0.5) is 0 Å². The van der Waals surface area contributed by atoms with Crippen LogP contribution in [0.15, 0.2) is 44.7 Å². The lowest BCUT2D eigenvalue weighted by molar-refractivity contribution is -0.122. The van der Waals surface area contributed by atoms with E-state index in [0.717, 1.165) is 15.4 Å². The molecule has 1 heterocycles. The number of benzene rings is 1. The van der Waals surface area contributed by atoms with Crippen LogP contribution >= 0.6 is 43.2 Å². The summed E-state index contributed by atoms with van der Waals surface area (Å²) in [6, 6.07) is 10.3. The van der Waals surface area contributed by atoms with Gasteiger partial charge in [0.05, 0.1) is 6.54 Å². The van der Waals surface area contributed by atoms with E-state index in [0.29, 0.717) is 12.5 Å². The van der Waals surface area contributed by atoms with E-state index in [1.807, 2.05) is 23.6 Å². The number of amides is 1. The van der Waals surface area contributed by atoms with Crippen molar-refractivity contribution < 1.29 is 4.79 Å². The second kappa shape index (κ2) is 6.00. The molecule has 5 heteroatoms. The number of nitrogens with one attached hydrogen (secondary N) is 1. The second-order valence-corrected chi connectivity index (χ2v) is 7.78. The molecule has 20 heavy (non-hydrogen) atoms. The zero-order valence-electron chi connectivity index (χ0n) is 10.6. The molecule has 0 saturated heterocycles. The number of hydrogen-bond donors (Lipinski definition) is 1. The maximum Gasteiger partial charge on any atom is 0.224 e. The lowest BCUT2D eigenvalue weighted by atomic mass is 10.1. The Morgan fingerprint density at radius 2 is 2.00 bits per heavy atom. The van der Waals surface area contributed by atoms with Gasteiger partial charge in [-0.2, -0.15) is 0 Å². The third-order valence-electron chi connectivity index (χ3n) is 3.48. The van der Waals surface area contributed by atoms with Crippen molar-refractivity contribution in [2.45, 2.75) is 18.9 Å². The van der Waals surface area contributed by atoms with E-state index < -0.39 is 0 Å². The van der Waals surface area contributed by atoms with Crippen molar-refractivity contribution >= 4 is 49.1 Å². The molecule has 0 spiro atoms. The average molecular weight is 415 g/mol. The number of hydrogen-bond acceptors (Lipinski definition) is 2. The molecular formula is C15H13Br2NOS. The molecule has 1 aliphatic rings. The van der Waals surface area contributed by atoms with E-state index in [4.69, 9.17) is 0 Å². The summed E-state index contributed by atoms with van der Waals surface area (Å²) in [5.74, 6) is 0.695. The molecule has 1 fully saturated rings. The molecule has 2 aromatic rings. The number of rotatable bonds is 4. The van der Waals surface area contributed by atoms with E-state index in [1.54, 1.807) is 11.3 Å². The minimum atomic E-state index is 0.138. The largest absolute Gasteiger partial charge is 0.351 e. The van der Waals surface area contributed by atoms with Crippen LogP contribution in [0, 0.1) is 5.92 Å². The first-order chi connectivity index (χ1) is 9.63. The Bertz CT molecular complexity index is 623. The maximum atomic E-state index is 12.1. The van der Waals surface area contributed by atoms with Crippen LogP contribution in [-0.2, 0) is 11.3 Å². The van der Waals surface area contributed by atoms with E-state index in [9.17, 15) is 4.79 Å². The summed E-state index contributed by atoms with van der Waals surface area (Å²) in [5, 5.41) is 5.06. The fourth-order valence-corrected chi connectivity index (χ4v) is 3.97. The van der Waals surface area contributed by atoms with Crippen LogP contribution in [0.1, 0.15) is 22.8 Å². The average Bonchev–Trinajstić information content (AvgIpc) is 3.13. The van der Waals surface area contributed by atoms with Crippen LogP contribution in [0.3, 0.4) is 0 Å². The van der Waals surface area contributed by atoms with Crippen LogP contribution in [-0.4, -0.2) is 5.91 Å². The highest BCUT2D eigenvalue weighted by Crippen LogP contribution is 2.47. The molecule has 1 aromatic carbocycles. The van der Waals surface area contributed by atoms with Gasteiger partial charge >= 0.3 is 0 Å². The van der Waals surface area contributed by atoms with E-state index in [1.165, 1.54) is 10.4 Å². The SMILES string of the molecule is O=C(NCc1cc(Br)cs1)C1CC1c1ccc(Br)cc1. The van der Waals surface area contributed by atoms with Crippen LogP contribution in [0.5, 0.6) is 0 Å². The van der Waals surface area contributed by atoms with Gasteiger partial charge in [-0.15, -0.1) is 11.3 Å². The Hall–Kier alpha value is -0.650. The fraction of sp³-hybridized carbons (Fsp3) is 0.267. The highest BCUT2D eigenvalue weighted by Gasteiger charge is 2.43. The topological polar surface area (TPSA) is 29.1 Å². The normalized spacial score (nSPS) is 20.7. The van der Waals surface area contributed by atoms with Crippen molar-refractivity contribution in [2.75, 3.05) is 0 Å². The van der Waals surface area contributed by atoms with Crippen molar-refractivity contribution in [3.63, 3.8) is 0 Å². The van der Waals surface area contributed by atoms with Crippen molar-refractivity contribution in [1.29, 1.82) is 0 Å². The first-order valence-electron chi connectivity index (χ1n) is 6.39. The number of carbonyl (C=O) groups excluding carboxylic acids is 1. The molecular weight excluding hydrogens is 402 g/mol. The zero-order valence-corrected chi connectivity index (χ0v) is 14.6. The minimum Gasteiger partial charge on any atom is -0.351 e. The van der Waals surface area contributed by atoms with Gasteiger partial charge in [0.1, 0.15) is 0 Å². The lowest BCUT2D eigenvalue weighted by Gasteiger charge is -2.03. The summed E-state index contributed by atoms with van der Waals surface area (Å²) in [5.41, 5.74) is 1.26. The molecule has 0 aliphatic heterocycles. The Morgan fingerprint density at radius 3 is 2.65 bits per heavy atom. The monoisotopic (exact) mass is 413 g/mol. The first kappa shape index (κ1) is 14.3. The predicted molar refractivity (Wildman–Crippen MR) is 88.9 cm³/mol. The van der Waals surface area contributed by atoms with E-state index in [-0.39, 0.29) is 11.8 Å². The van der Waals surface area contributed by atoms with Gasteiger partial charge in [0.25, 0.3) is 0 Å². The summed E-state index contributed by atoms with van der Waals surface area (Å²) < 4.78 is 2.15. The molecule has 2 nitrogen and oxygen atoms in total. The van der Waals surface area contributed by atoms with E-state index in [2.05, 4.69) is 49.3 Å². The first-order valence-corrected chi connectivity index (χ1v) is 8.86. The quantitative estimate of drug-likeness (QED) is 0.772. The molecule has 104 valence electrons. The van der Waals surface area contributed by atoms with Gasteiger partial charge in [-0.1, -0.05) is 28.1 Å². The van der Waals surface area contributed by atoms with Gasteiger partial charge in [-0.3, -0.25) is 4.79 Å². The number of thiophene rings is 1. The third-order valence-corrected chi connectivity index (χ3v) is 5.71. The van der Waals surface area contributed by atoms with Crippen LogP contribution in [0.2, 0.25) is 0 Å². The Kier molecular flexibility index (Phi) is 4.29. The lowest BCUT2D eigenvalue weighted by Crippen LogP contribution is -2.24. The predicted octanol–water partition coefficient (Wildman–Crippen LogP) is 4.69. The van der Waals surface area contributed by atoms with Gasteiger partial charge < -0.3 is 5.32 Å². The third kappa shape index (κ3) is 3.32. The molecule has 1 amide bonds. The summed E-state index contributed by atoms with van der Waals surface area (Å²) >= 11 is 8.51. The highest BCUT2D eigenvalue weighted by molar-refractivity contribution is 9.10. The summed E-state index contributed by atoms with van der Waals surface area (Å²) in [7, 11) is 0. The van der Waals surface area contributed by atoms with E-state index >= 15 is 0 Å². The van der Waals surface area contributed by atoms with Crippen molar-refractivity contribution in [3.8, 4) is 0 Å². The minimum absolute atomic E-state index is 0.138. The van der Waals surface area contributed by atoms with Crippen LogP contribution < -0.4 is 5.32 Å². The zero-order chi connectivity index (χ0) is 14.1. The molecule has 0 bridgehead atoms. The fourth-order valence-electron chi connectivity index (χ4n) is 2.31. The van der Waals surface area contributed by atoms with Gasteiger partial charge in [-0.25, -0.2) is 0 Å². The van der Waals surface area contributed by atoms with Gasteiger partial charge in [0, 0.05) is 25.1 Å². The smallest absolute Gasteiger partial charge is 0.224 e. The molecule has 3 rings (SSSR count). The Balaban J connectivity index is 1.53. The molecule has 1 aliphatic carbocycles. The summed E-state index contributed by atoms with van der Waals surface area (Å²) in [4.78, 5) is 13.3. The van der Waals surface area contributed by atoms with Crippen molar-refractivity contribution in [1.82, 2.24) is 5.32 Å². The van der Waals surface area contributed by atoms with Crippen LogP contribution in [0.25, 0.3) is 0 Å². The standard InChI is InChI=1S/C15H13Br2NOS/c16-10-3-1-9(2-4-10)13-6-14(13)15(19)18-7-12-5-11(17)8-20-12/h1-5,8,13-14H,6-7H2,(H,18,19). The molecule has 0 radical (unpaired) electrons. The molecule has 1 aromatic heterocycles. The maximum absolute atomic E-state index is 12.1. The Morgan fingerprint density at radius 1 is 1.25 bits per heavy atom. The molecule has 1 N–H and O–H groups in total. The highest BCUT2D eigenvalue weighted by atomic mass is 79.9. The van der Waals surface area contributed by atoms with Crippen molar-refractivity contribution in [2.24, 2.45) is 5.92 Å². The molecule has 1 saturated carbocycles. The molecule has 2 unspecified atom stereocenters. The van der Waals surface area contributed by atoms with Crippen molar-refractivity contribution in [3.05, 3.63) is 55.1 Å². The second-order valence-electron chi connectivity index (χ2n) is 4.95. The summed E-state index contributed by atoms with van der Waals surface area (Å²) in [6.07, 6.45) is 0.960. The van der Waals surface area contributed by atoms with Gasteiger partial charge in [0.15, 0.2) is 0 Å². The Labute approximate surface area is 138 Å². The number of halogens is 2. The summed E-state index contributed by atoms with van der Waals surface area (Å²) in [6.45, 7) is 0.624. The van der Waals surface area contributed by atoms with Gasteiger partial charge in [0.2, 0.25) is 5.91 Å².